The number of aryl methyl sites for hydroxylation is 2. The number of amides is 2. The molecule has 0 saturated carbocycles. The van der Waals surface area contributed by atoms with Crippen LogP contribution >= 0.6 is 0 Å². The van der Waals surface area contributed by atoms with Crippen LogP contribution in [0.3, 0.4) is 0 Å². The largest absolute Gasteiger partial charge is 0.504 e. The molecule has 0 fully saturated rings. The average Bonchev–Trinajstić information content (AvgIpc) is 2.65. The Bertz CT molecular complexity index is 878. The van der Waals surface area contributed by atoms with Crippen molar-refractivity contribution in [3.05, 3.63) is 53.1 Å². The minimum Gasteiger partial charge on any atom is -0.504 e. The zero-order chi connectivity index (χ0) is 20.5. The maximum Gasteiger partial charge on any atom is 0.240 e. The number of anilines is 1. The Hall–Kier alpha value is -3.35. The van der Waals surface area contributed by atoms with Gasteiger partial charge >= 0.3 is 0 Å². The van der Waals surface area contributed by atoms with Crippen molar-refractivity contribution in [1.29, 1.82) is 0 Å². The Morgan fingerprint density at radius 1 is 1.11 bits per heavy atom. The van der Waals surface area contributed by atoms with Gasteiger partial charge in [0.2, 0.25) is 11.8 Å². The monoisotopic (exact) mass is 383 g/mol. The van der Waals surface area contributed by atoms with E-state index in [4.69, 9.17) is 4.74 Å². The minimum atomic E-state index is -0.365. The minimum absolute atomic E-state index is 0.0217. The van der Waals surface area contributed by atoms with Crippen molar-refractivity contribution in [1.82, 2.24) is 5.43 Å². The average molecular weight is 383 g/mol. The fraction of sp³-hybridized carbons (Fsp3) is 0.286. The smallest absolute Gasteiger partial charge is 0.240 e. The molecule has 0 saturated heterocycles. The third-order valence-corrected chi connectivity index (χ3v) is 3.92. The van der Waals surface area contributed by atoms with Gasteiger partial charge in [-0.3, -0.25) is 9.59 Å². The number of benzene rings is 2. The number of nitrogens with zero attached hydrogens (tertiary/aromatic N) is 1. The van der Waals surface area contributed by atoms with E-state index in [1.807, 2.05) is 39.0 Å². The number of phenolic OH excluding ortho intramolecular Hbond substituents is 1. The van der Waals surface area contributed by atoms with Crippen LogP contribution in [0, 0.1) is 13.8 Å². The van der Waals surface area contributed by atoms with Gasteiger partial charge in [-0.1, -0.05) is 17.7 Å². The van der Waals surface area contributed by atoms with Gasteiger partial charge in [-0.05, 0) is 56.2 Å². The van der Waals surface area contributed by atoms with Crippen molar-refractivity contribution in [2.75, 3.05) is 11.9 Å². The lowest BCUT2D eigenvalue weighted by Gasteiger charge is -2.08. The molecule has 0 bridgehead atoms. The summed E-state index contributed by atoms with van der Waals surface area (Å²) >= 11 is 0. The third-order valence-electron chi connectivity index (χ3n) is 3.92. The molecule has 7 nitrogen and oxygen atoms in total. The quantitative estimate of drug-likeness (QED) is 0.481. The van der Waals surface area contributed by atoms with Crippen molar-refractivity contribution < 1.29 is 19.4 Å². The first kappa shape index (κ1) is 21.0. The molecule has 3 N–H and O–H groups in total. The van der Waals surface area contributed by atoms with Crippen LogP contribution < -0.4 is 15.5 Å². The molecular formula is C21H25N3O4. The number of hydrogen-bond acceptors (Lipinski definition) is 5. The lowest BCUT2D eigenvalue weighted by atomic mass is 10.1. The van der Waals surface area contributed by atoms with Gasteiger partial charge in [-0.15, -0.1) is 0 Å². The number of hydrogen-bond donors (Lipinski definition) is 3. The van der Waals surface area contributed by atoms with Gasteiger partial charge in [0.1, 0.15) is 0 Å². The van der Waals surface area contributed by atoms with Crippen LogP contribution in [-0.2, 0) is 9.59 Å². The van der Waals surface area contributed by atoms with Crippen LogP contribution in [0.5, 0.6) is 11.5 Å². The molecule has 2 rings (SSSR count). The first-order valence-corrected chi connectivity index (χ1v) is 9.04. The summed E-state index contributed by atoms with van der Waals surface area (Å²) in [5, 5.41) is 16.3. The Kier molecular flexibility index (Phi) is 7.56. The number of nitrogens with one attached hydrogen (secondary N) is 2. The molecule has 2 aromatic rings. The molecular weight excluding hydrogens is 358 g/mol. The highest BCUT2D eigenvalue weighted by Crippen LogP contribution is 2.26. The molecule has 0 atom stereocenters. The second kappa shape index (κ2) is 10.1. The highest BCUT2D eigenvalue weighted by Gasteiger charge is 2.08. The Balaban J connectivity index is 1.80. The van der Waals surface area contributed by atoms with E-state index in [0.29, 0.717) is 17.9 Å². The van der Waals surface area contributed by atoms with E-state index in [-0.39, 0.29) is 30.4 Å². The number of carbonyl (C=O) groups is 2. The van der Waals surface area contributed by atoms with Gasteiger partial charge < -0.3 is 15.2 Å². The lowest BCUT2D eigenvalue weighted by molar-refractivity contribution is -0.124. The number of hydrazone groups is 1. The SMILES string of the molecule is CCOc1cc(/C=N/NC(=O)CCC(=O)Nc2ccc(C)cc2C)ccc1O. The number of phenols is 1. The molecule has 148 valence electrons. The third kappa shape index (κ3) is 6.42. The second-order valence-corrected chi connectivity index (χ2v) is 6.32. The van der Waals surface area contributed by atoms with Crippen LogP contribution in [0.1, 0.15) is 36.5 Å². The van der Waals surface area contributed by atoms with Crippen molar-refractivity contribution >= 4 is 23.7 Å². The van der Waals surface area contributed by atoms with E-state index in [2.05, 4.69) is 15.8 Å². The topological polar surface area (TPSA) is 100 Å². The van der Waals surface area contributed by atoms with Gasteiger partial charge in [0.25, 0.3) is 0 Å². The van der Waals surface area contributed by atoms with E-state index in [0.717, 1.165) is 16.8 Å². The molecule has 0 unspecified atom stereocenters. The zero-order valence-electron chi connectivity index (χ0n) is 16.3. The van der Waals surface area contributed by atoms with Gasteiger partial charge in [0, 0.05) is 18.5 Å². The molecule has 2 amide bonds. The molecule has 0 aliphatic carbocycles. The van der Waals surface area contributed by atoms with Crippen LogP contribution in [-0.4, -0.2) is 29.7 Å². The Morgan fingerprint density at radius 3 is 2.57 bits per heavy atom. The maximum absolute atomic E-state index is 12.0. The molecule has 0 radical (unpaired) electrons. The fourth-order valence-electron chi connectivity index (χ4n) is 2.51. The van der Waals surface area contributed by atoms with E-state index < -0.39 is 0 Å². The summed E-state index contributed by atoms with van der Waals surface area (Å²) in [4.78, 5) is 23.9. The number of rotatable bonds is 8. The van der Waals surface area contributed by atoms with Gasteiger partial charge in [0.15, 0.2) is 11.5 Å². The number of aromatic hydroxyl groups is 1. The molecule has 0 aliphatic heterocycles. The van der Waals surface area contributed by atoms with Crippen molar-refractivity contribution in [3.8, 4) is 11.5 Å². The van der Waals surface area contributed by atoms with E-state index in [9.17, 15) is 14.7 Å². The molecule has 0 spiro atoms. The summed E-state index contributed by atoms with van der Waals surface area (Å²) in [6, 6.07) is 10.5. The lowest BCUT2D eigenvalue weighted by Crippen LogP contribution is -2.20. The molecule has 7 heteroatoms. The van der Waals surface area contributed by atoms with E-state index in [1.54, 1.807) is 12.1 Å². The zero-order valence-corrected chi connectivity index (χ0v) is 16.3. The van der Waals surface area contributed by atoms with Gasteiger partial charge in [0.05, 0.1) is 12.8 Å². The molecule has 28 heavy (non-hydrogen) atoms. The molecule has 0 aromatic heterocycles. The molecule has 2 aromatic carbocycles. The predicted octanol–water partition coefficient (Wildman–Crippen LogP) is 3.28. The predicted molar refractivity (Wildman–Crippen MR) is 109 cm³/mol. The van der Waals surface area contributed by atoms with Crippen LogP contribution in [0.15, 0.2) is 41.5 Å². The summed E-state index contributed by atoms with van der Waals surface area (Å²) in [6.45, 7) is 6.15. The fourth-order valence-corrected chi connectivity index (χ4v) is 2.51. The van der Waals surface area contributed by atoms with Crippen LogP contribution in [0.4, 0.5) is 5.69 Å². The molecule has 0 heterocycles. The van der Waals surface area contributed by atoms with Crippen LogP contribution in [0.25, 0.3) is 0 Å². The van der Waals surface area contributed by atoms with Crippen LogP contribution in [0.2, 0.25) is 0 Å². The Labute approximate surface area is 164 Å². The highest BCUT2D eigenvalue weighted by molar-refractivity contribution is 5.94. The standard InChI is InChI=1S/C21H25N3O4/c1-4-28-19-12-16(6-8-18(19)25)13-22-24-21(27)10-9-20(26)23-17-7-5-14(2)11-15(17)3/h5-8,11-13,25H,4,9-10H2,1-3H3,(H,23,26)(H,24,27)/b22-13+. The van der Waals surface area contributed by atoms with Crippen molar-refractivity contribution in [3.63, 3.8) is 0 Å². The second-order valence-electron chi connectivity index (χ2n) is 6.32. The summed E-state index contributed by atoms with van der Waals surface area (Å²) in [6.07, 6.45) is 1.52. The number of ether oxygens (including phenoxy) is 1. The van der Waals surface area contributed by atoms with Crippen molar-refractivity contribution in [2.45, 2.75) is 33.6 Å². The maximum atomic E-state index is 12.0. The summed E-state index contributed by atoms with van der Waals surface area (Å²) < 4.78 is 5.29. The summed E-state index contributed by atoms with van der Waals surface area (Å²) in [5.74, 6) is -0.208. The summed E-state index contributed by atoms with van der Waals surface area (Å²) in [5.41, 5.74) is 5.88. The van der Waals surface area contributed by atoms with Gasteiger partial charge in [-0.2, -0.15) is 5.10 Å². The summed E-state index contributed by atoms with van der Waals surface area (Å²) in [7, 11) is 0. The Morgan fingerprint density at radius 2 is 1.86 bits per heavy atom. The van der Waals surface area contributed by atoms with E-state index >= 15 is 0 Å². The highest BCUT2D eigenvalue weighted by atomic mass is 16.5. The normalized spacial score (nSPS) is 10.7. The van der Waals surface area contributed by atoms with Crippen molar-refractivity contribution in [2.24, 2.45) is 5.10 Å². The van der Waals surface area contributed by atoms with Gasteiger partial charge in [-0.25, -0.2) is 5.43 Å². The first-order chi connectivity index (χ1) is 13.4. The van der Waals surface area contributed by atoms with E-state index in [1.165, 1.54) is 12.3 Å². The molecule has 0 aliphatic rings. The first-order valence-electron chi connectivity index (χ1n) is 9.04. The number of carbonyl (C=O) groups excluding carboxylic acids is 2.